The van der Waals surface area contributed by atoms with Crippen LogP contribution >= 0.6 is 11.3 Å². The van der Waals surface area contributed by atoms with Crippen LogP contribution in [0.1, 0.15) is 68.9 Å². The van der Waals surface area contributed by atoms with Crippen molar-refractivity contribution in [1.29, 1.82) is 0 Å². The first-order chi connectivity index (χ1) is 17.7. The molecule has 0 saturated heterocycles. The van der Waals surface area contributed by atoms with Crippen molar-refractivity contribution >= 4 is 38.8 Å². The smallest absolute Gasteiger partial charge is 0.407 e. The summed E-state index contributed by atoms with van der Waals surface area (Å²) in [4.78, 5) is 18.1. The Morgan fingerprint density at radius 1 is 1.14 bits per heavy atom. The molecule has 198 valence electrons. The van der Waals surface area contributed by atoms with E-state index in [1.807, 2.05) is 45.2 Å². The molecular weight excluding hydrogens is 510 g/mol. The first-order valence-corrected chi connectivity index (χ1v) is 15.2. The maximum atomic E-state index is 13.4. The monoisotopic (exact) mass is 543 g/mol. The highest BCUT2D eigenvalue weighted by molar-refractivity contribution is 7.92. The van der Waals surface area contributed by atoms with Crippen molar-refractivity contribution in [2.75, 3.05) is 5.32 Å². The molecule has 3 aromatic rings. The molecule has 37 heavy (non-hydrogen) atoms. The summed E-state index contributed by atoms with van der Waals surface area (Å²) in [5, 5.41) is 13.6. The number of H-pyrrole nitrogens is 1. The Kier molecular flexibility index (Phi) is 7.26. The maximum absolute atomic E-state index is 13.4. The number of hydrogen-bond acceptors (Lipinski definition) is 8. The Hall–Kier alpha value is -2.92. The summed E-state index contributed by atoms with van der Waals surface area (Å²) in [5.74, 6) is 0.983. The maximum Gasteiger partial charge on any atom is 0.407 e. The number of carbonyl (C=O) groups is 1. The molecule has 11 heteroatoms. The SMILES string of the molecule is Cc1cc(Nc2ccc(-c3ncc(C4CCC(NC(=O)OC(C)C)CC4)s3)c(S(=O)(=O)C3CC3)c2)n[nH]1. The minimum atomic E-state index is -3.45. The van der Waals surface area contributed by atoms with Gasteiger partial charge in [-0.15, -0.1) is 11.3 Å². The molecule has 0 bridgehead atoms. The number of aromatic nitrogens is 3. The molecule has 5 rings (SSSR count). The molecule has 2 fully saturated rings. The van der Waals surface area contributed by atoms with Gasteiger partial charge in [-0.25, -0.2) is 18.2 Å². The number of aryl methyl sites for hydroxylation is 1. The van der Waals surface area contributed by atoms with Crippen LogP contribution in [0.5, 0.6) is 0 Å². The van der Waals surface area contributed by atoms with E-state index in [1.165, 1.54) is 0 Å². The lowest BCUT2D eigenvalue weighted by Gasteiger charge is -2.28. The predicted molar refractivity (Wildman–Crippen MR) is 144 cm³/mol. The number of amides is 1. The van der Waals surface area contributed by atoms with Crippen molar-refractivity contribution in [3.05, 3.63) is 41.0 Å². The highest BCUT2D eigenvalue weighted by Gasteiger charge is 2.39. The molecular formula is C26H33N5O4S2. The summed E-state index contributed by atoms with van der Waals surface area (Å²) in [6.07, 6.45) is 6.41. The van der Waals surface area contributed by atoms with Crippen molar-refractivity contribution in [2.45, 2.75) is 87.5 Å². The number of ether oxygens (including phenoxy) is 1. The van der Waals surface area contributed by atoms with Gasteiger partial charge in [0.25, 0.3) is 0 Å². The highest BCUT2D eigenvalue weighted by atomic mass is 32.2. The van der Waals surface area contributed by atoms with E-state index in [-0.39, 0.29) is 23.5 Å². The topological polar surface area (TPSA) is 126 Å². The van der Waals surface area contributed by atoms with Gasteiger partial charge >= 0.3 is 6.09 Å². The van der Waals surface area contributed by atoms with Crippen molar-refractivity contribution in [3.8, 4) is 10.6 Å². The number of carbonyl (C=O) groups excluding carboxylic acids is 1. The molecule has 2 aromatic heterocycles. The van der Waals surface area contributed by atoms with Gasteiger partial charge < -0.3 is 15.4 Å². The Morgan fingerprint density at radius 3 is 2.54 bits per heavy atom. The zero-order valence-corrected chi connectivity index (χ0v) is 22.9. The van der Waals surface area contributed by atoms with Gasteiger partial charge in [-0.3, -0.25) is 5.10 Å². The second-order valence-corrected chi connectivity index (χ2v) is 13.5. The van der Waals surface area contributed by atoms with Gasteiger partial charge in [0.05, 0.1) is 16.2 Å². The number of rotatable bonds is 8. The van der Waals surface area contributed by atoms with E-state index in [1.54, 1.807) is 17.4 Å². The summed E-state index contributed by atoms with van der Waals surface area (Å²) in [5.41, 5.74) is 2.24. The number of benzene rings is 1. The van der Waals surface area contributed by atoms with Gasteiger partial charge in [0.2, 0.25) is 0 Å². The Morgan fingerprint density at radius 2 is 1.89 bits per heavy atom. The number of anilines is 2. The highest BCUT2D eigenvalue weighted by Crippen LogP contribution is 2.43. The van der Waals surface area contributed by atoms with Gasteiger partial charge in [0.1, 0.15) is 5.01 Å². The van der Waals surface area contributed by atoms with Crippen LogP contribution in [0, 0.1) is 6.92 Å². The Bertz CT molecular complexity index is 1370. The van der Waals surface area contributed by atoms with E-state index in [4.69, 9.17) is 4.74 Å². The lowest BCUT2D eigenvalue weighted by Crippen LogP contribution is -2.38. The molecule has 2 saturated carbocycles. The van der Waals surface area contributed by atoms with Crippen molar-refractivity contribution in [2.24, 2.45) is 0 Å². The van der Waals surface area contributed by atoms with Gasteiger partial charge in [0, 0.05) is 40.1 Å². The van der Waals surface area contributed by atoms with E-state index < -0.39 is 9.84 Å². The van der Waals surface area contributed by atoms with E-state index in [9.17, 15) is 13.2 Å². The summed E-state index contributed by atoms with van der Waals surface area (Å²) >= 11 is 1.57. The van der Waals surface area contributed by atoms with Crippen LogP contribution in [-0.4, -0.2) is 47.1 Å². The third-order valence-electron chi connectivity index (χ3n) is 6.78. The van der Waals surface area contributed by atoms with Crippen molar-refractivity contribution in [1.82, 2.24) is 20.5 Å². The summed E-state index contributed by atoms with van der Waals surface area (Å²) < 4.78 is 32.0. The molecule has 3 N–H and O–H groups in total. The molecule has 0 spiro atoms. The van der Waals surface area contributed by atoms with Gasteiger partial charge in [-0.1, -0.05) is 0 Å². The molecule has 0 aliphatic heterocycles. The van der Waals surface area contributed by atoms with Crippen LogP contribution in [0.2, 0.25) is 0 Å². The van der Waals surface area contributed by atoms with Gasteiger partial charge in [0.15, 0.2) is 15.7 Å². The second-order valence-electron chi connectivity index (χ2n) is 10.2. The number of aromatic amines is 1. The summed E-state index contributed by atoms with van der Waals surface area (Å²) in [7, 11) is -3.45. The largest absolute Gasteiger partial charge is 0.447 e. The third-order valence-corrected chi connectivity index (χ3v) is 10.3. The fourth-order valence-corrected chi connectivity index (χ4v) is 7.80. The quantitative estimate of drug-likeness (QED) is 0.333. The molecule has 2 heterocycles. The number of nitrogens with zero attached hydrogens (tertiary/aromatic N) is 2. The molecule has 1 aromatic carbocycles. The first kappa shape index (κ1) is 25.7. The number of nitrogens with one attached hydrogen (secondary N) is 3. The third kappa shape index (κ3) is 5.98. The van der Waals surface area contributed by atoms with E-state index in [2.05, 4.69) is 25.8 Å². The van der Waals surface area contributed by atoms with Crippen LogP contribution in [0.3, 0.4) is 0 Å². The lowest BCUT2D eigenvalue weighted by atomic mass is 9.85. The zero-order chi connectivity index (χ0) is 26.2. The molecule has 0 atom stereocenters. The minimum absolute atomic E-state index is 0.114. The van der Waals surface area contributed by atoms with Gasteiger partial charge in [-0.05, 0) is 83.4 Å². The average Bonchev–Trinajstić information content (AvgIpc) is 3.48. The van der Waals surface area contributed by atoms with Crippen LogP contribution < -0.4 is 10.6 Å². The summed E-state index contributed by atoms with van der Waals surface area (Å²) in [6.45, 7) is 5.58. The normalized spacial score (nSPS) is 20.1. The second kappa shape index (κ2) is 10.4. The first-order valence-electron chi connectivity index (χ1n) is 12.8. The van der Waals surface area contributed by atoms with Crippen LogP contribution in [0.25, 0.3) is 10.6 Å². The number of sulfone groups is 1. The molecule has 2 aliphatic carbocycles. The molecule has 2 aliphatic rings. The fraction of sp³-hybridized carbons (Fsp3) is 0.500. The van der Waals surface area contributed by atoms with Crippen LogP contribution in [-0.2, 0) is 14.6 Å². The molecule has 0 unspecified atom stereocenters. The molecule has 0 radical (unpaired) electrons. The Balaban J connectivity index is 1.33. The van der Waals surface area contributed by atoms with E-state index in [0.717, 1.165) is 41.3 Å². The summed E-state index contributed by atoms with van der Waals surface area (Å²) in [6, 6.07) is 7.42. The molecule has 1 amide bonds. The Labute approximate surface area is 221 Å². The van der Waals surface area contributed by atoms with E-state index >= 15 is 0 Å². The van der Waals surface area contributed by atoms with Crippen LogP contribution in [0.15, 0.2) is 35.4 Å². The van der Waals surface area contributed by atoms with E-state index in [0.29, 0.717) is 40.7 Å². The predicted octanol–water partition coefficient (Wildman–Crippen LogP) is 5.68. The number of hydrogen-bond donors (Lipinski definition) is 3. The fourth-order valence-electron chi connectivity index (χ4n) is 4.74. The molecule has 9 nitrogen and oxygen atoms in total. The number of alkyl carbamates (subject to hydrolysis) is 1. The van der Waals surface area contributed by atoms with Crippen LogP contribution in [0.4, 0.5) is 16.3 Å². The number of thiazole rings is 1. The van der Waals surface area contributed by atoms with Crippen molar-refractivity contribution < 1.29 is 17.9 Å². The van der Waals surface area contributed by atoms with Gasteiger partial charge in [-0.2, -0.15) is 5.10 Å². The average molecular weight is 544 g/mol. The lowest BCUT2D eigenvalue weighted by molar-refractivity contribution is 0.109. The van der Waals surface area contributed by atoms with Crippen molar-refractivity contribution in [3.63, 3.8) is 0 Å². The zero-order valence-electron chi connectivity index (χ0n) is 21.3. The minimum Gasteiger partial charge on any atom is -0.447 e. The standard InChI is InChI=1S/C26H33N5O4S2/c1-15(2)35-26(32)29-18-6-4-17(5-7-18)22-14-27-25(36-22)21-11-8-19(28-24-12-16(3)30-31-24)13-23(21)37(33,34)20-9-10-20/h8,11-15,17-18,20H,4-7,9-10H2,1-3H3,(H,29,32)(H2,28,30,31).